The van der Waals surface area contributed by atoms with E-state index in [4.69, 9.17) is 0 Å². The zero-order valence-electron chi connectivity index (χ0n) is 11.5. The van der Waals surface area contributed by atoms with Crippen molar-refractivity contribution in [2.75, 3.05) is 32.7 Å². The van der Waals surface area contributed by atoms with Gasteiger partial charge in [-0.3, -0.25) is 9.59 Å². The number of carbonyl (C=O) groups excluding carboxylic acids is 2. The largest absolute Gasteiger partial charge is 0.390 e. The zero-order valence-corrected chi connectivity index (χ0v) is 11.5. The molecule has 19 heavy (non-hydrogen) atoms. The molecule has 0 aromatic carbocycles. The number of hydrogen-bond donors (Lipinski definition) is 2. The van der Waals surface area contributed by atoms with Gasteiger partial charge in [-0.15, -0.1) is 0 Å². The predicted molar refractivity (Wildman–Crippen MR) is 70.5 cm³/mol. The Labute approximate surface area is 113 Å². The van der Waals surface area contributed by atoms with Crippen LogP contribution in [0.5, 0.6) is 0 Å². The van der Waals surface area contributed by atoms with E-state index >= 15 is 0 Å². The maximum atomic E-state index is 12.3. The molecular weight excluding hydrogens is 246 g/mol. The van der Waals surface area contributed by atoms with Crippen LogP contribution in [0.4, 0.5) is 0 Å². The van der Waals surface area contributed by atoms with Crippen LogP contribution in [0, 0.1) is 0 Å². The lowest BCUT2D eigenvalue weighted by molar-refractivity contribution is -0.158. The highest BCUT2D eigenvalue weighted by molar-refractivity contribution is 5.95. The van der Waals surface area contributed by atoms with E-state index in [1.54, 1.807) is 4.90 Å². The molecule has 2 atom stereocenters. The lowest BCUT2D eigenvalue weighted by atomic mass is 9.98. The highest BCUT2D eigenvalue weighted by atomic mass is 16.3. The number of carbonyl (C=O) groups is 2. The summed E-state index contributed by atoms with van der Waals surface area (Å²) in [5, 5.41) is 12.9. The van der Waals surface area contributed by atoms with Crippen LogP contribution in [0.2, 0.25) is 0 Å². The van der Waals surface area contributed by atoms with E-state index in [1.165, 1.54) is 4.90 Å². The van der Waals surface area contributed by atoms with E-state index in [0.717, 1.165) is 25.8 Å². The maximum absolute atomic E-state index is 12.3. The van der Waals surface area contributed by atoms with Crippen LogP contribution < -0.4 is 5.32 Å². The molecule has 108 valence electrons. The van der Waals surface area contributed by atoms with Crippen molar-refractivity contribution in [1.82, 2.24) is 15.1 Å². The van der Waals surface area contributed by atoms with Crippen molar-refractivity contribution in [2.24, 2.45) is 0 Å². The number of hydrogen-bond acceptors (Lipinski definition) is 4. The van der Waals surface area contributed by atoms with Crippen LogP contribution in [-0.2, 0) is 9.59 Å². The van der Waals surface area contributed by atoms with E-state index in [0.29, 0.717) is 13.1 Å². The number of nitrogens with zero attached hydrogens (tertiary/aromatic N) is 2. The van der Waals surface area contributed by atoms with Gasteiger partial charge in [0.15, 0.2) is 0 Å². The van der Waals surface area contributed by atoms with Crippen LogP contribution in [-0.4, -0.2) is 71.6 Å². The molecule has 2 aliphatic heterocycles. The van der Waals surface area contributed by atoms with Crippen LogP contribution in [0.15, 0.2) is 0 Å². The molecule has 2 amide bonds. The Morgan fingerprint density at radius 3 is 2.95 bits per heavy atom. The number of β-amino-alcohol motifs (C(OH)–C–C–N with tert-alkyl or cyclic N) is 1. The van der Waals surface area contributed by atoms with Gasteiger partial charge in [-0.1, -0.05) is 6.92 Å². The summed E-state index contributed by atoms with van der Waals surface area (Å²) in [4.78, 5) is 27.5. The average molecular weight is 269 g/mol. The van der Waals surface area contributed by atoms with Gasteiger partial charge in [0.1, 0.15) is 6.04 Å². The molecule has 6 nitrogen and oxygen atoms in total. The first kappa shape index (κ1) is 14.3. The maximum Gasteiger partial charge on any atom is 0.245 e. The molecule has 0 saturated carbocycles. The highest BCUT2D eigenvalue weighted by Crippen LogP contribution is 2.23. The van der Waals surface area contributed by atoms with Crippen LogP contribution in [0.3, 0.4) is 0 Å². The normalized spacial score (nSPS) is 25.5. The first-order chi connectivity index (χ1) is 9.13. The molecule has 2 heterocycles. The summed E-state index contributed by atoms with van der Waals surface area (Å²) in [5.74, 6) is 0.00907. The number of aliphatic hydroxyl groups is 1. The third-order valence-electron chi connectivity index (χ3n) is 3.81. The van der Waals surface area contributed by atoms with Gasteiger partial charge in [-0.25, -0.2) is 0 Å². The van der Waals surface area contributed by atoms with E-state index in [-0.39, 0.29) is 30.9 Å². The van der Waals surface area contributed by atoms with E-state index in [9.17, 15) is 14.7 Å². The van der Waals surface area contributed by atoms with Crippen molar-refractivity contribution in [3.63, 3.8) is 0 Å². The quantitative estimate of drug-likeness (QED) is 0.684. The first-order valence-corrected chi connectivity index (χ1v) is 7.10. The SMILES string of the molecule is CCNCC(O)CN1CC(=O)N2CCCCC2C1=O. The fraction of sp³-hybridized carbons (Fsp3) is 0.846. The smallest absolute Gasteiger partial charge is 0.245 e. The molecule has 0 radical (unpaired) electrons. The van der Waals surface area contributed by atoms with Crippen molar-refractivity contribution in [3.8, 4) is 0 Å². The molecular formula is C13H23N3O3. The Balaban J connectivity index is 1.94. The number of nitrogens with one attached hydrogen (secondary N) is 1. The second-order valence-electron chi connectivity index (χ2n) is 5.28. The van der Waals surface area contributed by atoms with Crippen LogP contribution >= 0.6 is 0 Å². The zero-order chi connectivity index (χ0) is 13.8. The van der Waals surface area contributed by atoms with Gasteiger partial charge in [0, 0.05) is 19.6 Å². The monoisotopic (exact) mass is 269 g/mol. The Hall–Kier alpha value is -1.14. The van der Waals surface area contributed by atoms with Gasteiger partial charge in [0.05, 0.1) is 12.6 Å². The van der Waals surface area contributed by atoms with Gasteiger partial charge >= 0.3 is 0 Å². The Bertz CT molecular complexity index is 348. The van der Waals surface area contributed by atoms with Gasteiger partial charge in [0.25, 0.3) is 0 Å². The summed E-state index contributed by atoms with van der Waals surface area (Å²) in [6.45, 7) is 4.23. The minimum atomic E-state index is -0.619. The summed E-state index contributed by atoms with van der Waals surface area (Å²) >= 11 is 0. The molecule has 0 aromatic heterocycles. The van der Waals surface area contributed by atoms with Crippen molar-refractivity contribution >= 4 is 11.8 Å². The molecule has 2 N–H and O–H groups in total. The average Bonchev–Trinajstić information content (AvgIpc) is 2.42. The fourth-order valence-electron chi connectivity index (χ4n) is 2.81. The molecule has 0 aliphatic carbocycles. The van der Waals surface area contributed by atoms with Crippen molar-refractivity contribution in [3.05, 3.63) is 0 Å². The second kappa shape index (κ2) is 6.34. The topological polar surface area (TPSA) is 72.9 Å². The third kappa shape index (κ3) is 3.25. The van der Waals surface area contributed by atoms with E-state index in [1.807, 2.05) is 6.92 Å². The van der Waals surface area contributed by atoms with Gasteiger partial charge < -0.3 is 20.2 Å². The summed E-state index contributed by atoms with van der Waals surface area (Å²) in [5.41, 5.74) is 0. The Kier molecular flexibility index (Phi) is 4.76. The molecule has 6 heteroatoms. The van der Waals surface area contributed by atoms with Gasteiger partial charge in [0.2, 0.25) is 11.8 Å². The van der Waals surface area contributed by atoms with Gasteiger partial charge in [-0.05, 0) is 25.8 Å². The number of piperidine rings is 1. The van der Waals surface area contributed by atoms with Crippen LogP contribution in [0.25, 0.3) is 0 Å². The summed E-state index contributed by atoms with van der Waals surface area (Å²) < 4.78 is 0. The first-order valence-electron chi connectivity index (χ1n) is 7.10. The Morgan fingerprint density at radius 1 is 1.42 bits per heavy atom. The minimum Gasteiger partial charge on any atom is -0.390 e. The highest BCUT2D eigenvalue weighted by Gasteiger charge is 2.40. The third-order valence-corrected chi connectivity index (χ3v) is 3.81. The van der Waals surface area contributed by atoms with Crippen LogP contribution in [0.1, 0.15) is 26.2 Å². The second-order valence-corrected chi connectivity index (χ2v) is 5.28. The molecule has 0 spiro atoms. The fourth-order valence-corrected chi connectivity index (χ4v) is 2.81. The lowest BCUT2D eigenvalue weighted by Crippen LogP contribution is -2.62. The predicted octanol–water partition coefficient (Wildman–Crippen LogP) is -0.820. The number of rotatable bonds is 5. The molecule has 0 bridgehead atoms. The van der Waals surface area contributed by atoms with E-state index < -0.39 is 6.10 Å². The van der Waals surface area contributed by atoms with Crippen molar-refractivity contribution in [1.29, 1.82) is 0 Å². The number of fused-ring (bicyclic) bond motifs is 1. The summed E-state index contributed by atoms with van der Waals surface area (Å²) in [6, 6.07) is -0.290. The molecule has 0 aromatic rings. The number of piperazine rings is 1. The molecule has 2 aliphatic rings. The standard InChI is InChI=1S/C13H23N3O3/c1-2-14-7-10(17)8-15-9-12(18)16-6-4-3-5-11(16)13(15)19/h10-11,14,17H,2-9H2,1H3. The van der Waals surface area contributed by atoms with Crippen molar-refractivity contribution in [2.45, 2.75) is 38.3 Å². The minimum absolute atomic E-state index is 0.00477. The molecule has 2 saturated heterocycles. The molecule has 2 unspecified atom stereocenters. The summed E-state index contributed by atoms with van der Waals surface area (Å²) in [7, 11) is 0. The number of aliphatic hydroxyl groups excluding tert-OH is 1. The Morgan fingerprint density at radius 2 is 2.21 bits per heavy atom. The number of likely N-dealkylation sites (N-methyl/N-ethyl adjacent to an activating group) is 1. The number of amides is 2. The van der Waals surface area contributed by atoms with Gasteiger partial charge in [-0.2, -0.15) is 0 Å². The molecule has 2 rings (SSSR count). The van der Waals surface area contributed by atoms with Crippen molar-refractivity contribution < 1.29 is 14.7 Å². The van der Waals surface area contributed by atoms with E-state index in [2.05, 4.69) is 5.32 Å². The molecule has 2 fully saturated rings. The lowest BCUT2D eigenvalue weighted by Gasteiger charge is -2.43. The summed E-state index contributed by atoms with van der Waals surface area (Å²) in [6.07, 6.45) is 2.11.